The summed E-state index contributed by atoms with van der Waals surface area (Å²) < 4.78 is 76.4. The number of halogens is 8. The average molecular weight is 405 g/mol. The number of hydrogen-bond donors (Lipinski definition) is 0. The predicted molar refractivity (Wildman–Crippen MR) is 58.2 cm³/mol. The first-order chi connectivity index (χ1) is 8.04. The molecule has 0 N–H and O–H groups in total. The first-order valence-corrected chi connectivity index (χ1v) is 5.74. The Kier molecular flexibility index (Phi) is 4.57. The first-order valence-electron chi connectivity index (χ1n) is 4.13. The van der Waals surface area contributed by atoms with Gasteiger partial charge in [0.15, 0.2) is 5.69 Å². The molecular weight excluding hydrogens is 402 g/mol. The van der Waals surface area contributed by atoms with E-state index in [2.05, 4.69) is 9.72 Å². The van der Waals surface area contributed by atoms with Gasteiger partial charge in [0.05, 0.1) is 5.88 Å². The Bertz CT molecular complexity index is 446. The van der Waals surface area contributed by atoms with Gasteiger partial charge in [0, 0.05) is 9.13 Å². The first kappa shape index (κ1) is 15.6. The fourth-order valence-electron chi connectivity index (χ4n) is 1.00. The van der Waals surface area contributed by atoms with Gasteiger partial charge in [-0.3, -0.25) is 0 Å². The molecule has 1 aromatic rings. The summed E-state index contributed by atoms with van der Waals surface area (Å²) in [5, 5.41) is 0. The fourth-order valence-corrected chi connectivity index (χ4v) is 2.00. The maximum Gasteiger partial charge on any atom is 0.574 e. The fraction of sp³-hybridized carbons (Fsp3) is 0.375. The summed E-state index contributed by atoms with van der Waals surface area (Å²) in [6, 6.07) is 0.852. The number of pyridine rings is 1. The van der Waals surface area contributed by atoms with E-state index in [-0.39, 0.29) is 9.13 Å². The Hall–Kier alpha value is -0.450. The highest BCUT2D eigenvalue weighted by molar-refractivity contribution is 14.1. The largest absolute Gasteiger partial charge is 0.574 e. The standard InChI is InChI=1S/C8H3ClF6INO/c9-2-3-1-4(16)5(7(10,11)12)17-6(3)18-8(13,14)15/h1H,2H2. The van der Waals surface area contributed by atoms with Gasteiger partial charge in [-0.05, 0) is 28.7 Å². The van der Waals surface area contributed by atoms with Gasteiger partial charge in [0.25, 0.3) is 0 Å². The number of aromatic nitrogens is 1. The zero-order valence-corrected chi connectivity index (χ0v) is 11.1. The minimum Gasteiger partial charge on any atom is -0.388 e. The molecule has 0 atom stereocenters. The summed E-state index contributed by atoms with van der Waals surface area (Å²) in [4.78, 5) is 2.84. The zero-order valence-electron chi connectivity index (χ0n) is 8.16. The van der Waals surface area contributed by atoms with Crippen LogP contribution in [-0.4, -0.2) is 11.3 Å². The van der Waals surface area contributed by atoms with Gasteiger partial charge in [-0.25, -0.2) is 4.98 Å². The van der Waals surface area contributed by atoms with Crippen LogP contribution in [0.4, 0.5) is 26.3 Å². The highest BCUT2D eigenvalue weighted by atomic mass is 127. The molecule has 0 aliphatic carbocycles. The molecule has 1 rings (SSSR count). The number of nitrogens with zero attached hydrogens (tertiary/aromatic N) is 1. The number of ether oxygens (including phenoxy) is 1. The highest BCUT2D eigenvalue weighted by Gasteiger charge is 2.38. The Morgan fingerprint density at radius 1 is 1.22 bits per heavy atom. The molecule has 0 aromatic carbocycles. The third kappa shape index (κ3) is 4.04. The summed E-state index contributed by atoms with van der Waals surface area (Å²) in [5.41, 5.74) is -1.72. The lowest BCUT2D eigenvalue weighted by molar-refractivity contribution is -0.276. The van der Waals surface area contributed by atoms with E-state index in [1.54, 1.807) is 0 Å². The van der Waals surface area contributed by atoms with E-state index in [1.165, 1.54) is 22.6 Å². The SMILES string of the molecule is FC(F)(F)Oc1nc(C(F)(F)F)c(I)cc1CCl. The Morgan fingerprint density at radius 2 is 1.78 bits per heavy atom. The van der Waals surface area contributed by atoms with E-state index in [4.69, 9.17) is 11.6 Å². The quantitative estimate of drug-likeness (QED) is 0.415. The van der Waals surface area contributed by atoms with Gasteiger partial charge in [-0.2, -0.15) is 13.2 Å². The second kappa shape index (κ2) is 5.27. The smallest absolute Gasteiger partial charge is 0.388 e. The molecule has 10 heteroatoms. The molecule has 0 aliphatic heterocycles. The van der Waals surface area contributed by atoms with Crippen LogP contribution in [-0.2, 0) is 12.1 Å². The third-order valence-electron chi connectivity index (χ3n) is 1.64. The molecule has 1 aromatic heterocycles. The van der Waals surface area contributed by atoms with Crippen molar-refractivity contribution in [2.24, 2.45) is 0 Å². The second-order valence-electron chi connectivity index (χ2n) is 2.96. The van der Waals surface area contributed by atoms with Crippen LogP contribution in [0.25, 0.3) is 0 Å². The van der Waals surface area contributed by atoms with Gasteiger partial charge in [0.1, 0.15) is 0 Å². The molecule has 0 amide bonds. The maximum absolute atomic E-state index is 12.5. The van der Waals surface area contributed by atoms with Crippen molar-refractivity contribution < 1.29 is 31.1 Å². The summed E-state index contributed by atoms with van der Waals surface area (Å²) in [6.07, 6.45) is -10.0. The summed E-state index contributed by atoms with van der Waals surface area (Å²) >= 11 is 6.64. The van der Waals surface area contributed by atoms with Gasteiger partial charge in [-0.1, -0.05) is 0 Å². The van der Waals surface area contributed by atoms with E-state index < -0.39 is 30.0 Å². The number of rotatable bonds is 2. The van der Waals surface area contributed by atoms with Gasteiger partial charge in [0.2, 0.25) is 5.88 Å². The van der Waals surface area contributed by atoms with E-state index in [9.17, 15) is 26.3 Å². The van der Waals surface area contributed by atoms with Crippen molar-refractivity contribution >= 4 is 34.2 Å². The molecule has 0 aliphatic rings. The highest BCUT2D eigenvalue weighted by Crippen LogP contribution is 2.35. The maximum atomic E-state index is 12.5. The van der Waals surface area contributed by atoms with Crippen molar-refractivity contribution in [3.63, 3.8) is 0 Å². The Labute approximate surface area is 115 Å². The van der Waals surface area contributed by atoms with E-state index in [0.29, 0.717) is 0 Å². The van der Waals surface area contributed by atoms with Gasteiger partial charge < -0.3 is 4.74 Å². The lowest BCUT2D eigenvalue weighted by Crippen LogP contribution is -2.21. The Morgan fingerprint density at radius 3 is 2.17 bits per heavy atom. The summed E-state index contributed by atoms with van der Waals surface area (Å²) in [5.74, 6) is -1.64. The topological polar surface area (TPSA) is 22.1 Å². The molecule has 18 heavy (non-hydrogen) atoms. The summed E-state index contributed by atoms with van der Waals surface area (Å²) in [6.45, 7) is 0. The van der Waals surface area contributed by atoms with Crippen LogP contribution < -0.4 is 4.74 Å². The van der Waals surface area contributed by atoms with Crippen LogP contribution in [0.15, 0.2) is 6.07 Å². The monoisotopic (exact) mass is 405 g/mol. The lowest BCUT2D eigenvalue weighted by atomic mass is 10.2. The molecular formula is C8H3ClF6INO. The van der Waals surface area contributed by atoms with Crippen molar-refractivity contribution in [2.75, 3.05) is 0 Å². The molecule has 1 heterocycles. The van der Waals surface area contributed by atoms with Crippen LogP contribution in [0.5, 0.6) is 5.88 Å². The molecule has 2 nitrogen and oxygen atoms in total. The molecule has 0 saturated carbocycles. The van der Waals surface area contributed by atoms with Crippen LogP contribution in [0.2, 0.25) is 0 Å². The minimum atomic E-state index is -5.14. The number of alkyl halides is 7. The van der Waals surface area contributed by atoms with Gasteiger partial charge >= 0.3 is 12.5 Å². The Balaban J connectivity index is 3.31. The zero-order chi connectivity index (χ0) is 14.1. The van der Waals surface area contributed by atoms with E-state index in [1.807, 2.05) is 0 Å². The van der Waals surface area contributed by atoms with Gasteiger partial charge in [-0.15, -0.1) is 24.8 Å². The van der Waals surface area contributed by atoms with Crippen LogP contribution >= 0.6 is 34.2 Å². The van der Waals surface area contributed by atoms with Crippen molar-refractivity contribution in [1.29, 1.82) is 0 Å². The van der Waals surface area contributed by atoms with Crippen molar-refractivity contribution in [3.05, 3.63) is 20.9 Å². The molecule has 0 fully saturated rings. The van der Waals surface area contributed by atoms with Crippen molar-refractivity contribution in [1.82, 2.24) is 4.98 Å². The minimum absolute atomic E-state index is 0.272. The lowest BCUT2D eigenvalue weighted by Gasteiger charge is -2.15. The molecule has 102 valence electrons. The molecule has 0 spiro atoms. The normalized spacial score (nSPS) is 12.7. The second-order valence-corrected chi connectivity index (χ2v) is 4.39. The molecule has 0 radical (unpaired) electrons. The number of hydrogen-bond acceptors (Lipinski definition) is 2. The van der Waals surface area contributed by atoms with Crippen molar-refractivity contribution in [2.45, 2.75) is 18.4 Å². The van der Waals surface area contributed by atoms with E-state index in [0.717, 1.165) is 6.07 Å². The predicted octanol–water partition coefficient (Wildman–Crippen LogP) is 4.34. The molecule has 0 unspecified atom stereocenters. The van der Waals surface area contributed by atoms with Crippen LogP contribution in [0.3, 0.4) is 0 Å². The summed E-state index contributed by atoms with van der Waals surface area (Å²) in [7, 11) is 0. The molecule has 0 saturated heterocycles. The molecule has 0 bridgehead atoms. The van der Waals surface area contributed by atoms with Crippen LogP contribution in [0.1, 0.15) is 11.3 Å². The van der Waals surface area contributed by atoms with Crippen molar-refractivity contribution in [3.8, 4) is 5.88 Å². The average Bonchev–Trinajstić information content (AvgIpc) is 2.16. The van der Waals surface area contributed by atoms with E-state index >= 15 is 0 Å². The van der Waals surface area contributed by atoms with Crippen LogP contribution in [0, 0.1) is 3.57 Å². The third-order valence-corrected chi connectivity index (χ3v) is 2.75.